The summed E-state index contributed by atoms with van der Waals surface area (Å²) in [5.41, 5.74) is 7.37. The minimum Gasteiger partial charge on any atom is -0.399 e. The van der Waals surface area contributed by atoms with Gasteiger partial charge in [0, 0.05) is 18.0 Å². The topological polar surface area (TPSA) is 59.2 Å². The molecule has 3 rings (SSSR count). The third-order valence-electron chi connectivity index (χ3n) is 3.38. The van der Waals surface area contributed by atoms with E-state index in [1.165, 1.54) is 24.2 Å². The quantitative estimate of drug-likeness (QED) is 0.877. The van der Waals surface area contributed by atoms with Crippen LogP contribution in [0, 0.1) is 0 Å². The summed E-state index contributed by atoms with van der Waals surface area (Å²) in [5, 5.41) is 0. The molecule has 1 saturated heterocycles. The first kappa shape index (κ1) is 13.0. The highest BCUT2D eigenvalue weighted by atomic mass is 32.2. The van der Waals surface area contributed by atoms with Crippen molar-refractivity contribution in [2.45, 2.75) is 17.2 Å². The summed E-state index contributed by atoms with van der Waals surface area (Å²) >= 11 is 1.49. The van der Waals surface area contributed by atoms with Crippen molar-refractivity contribution in [3.8, 4) is 0 Å². The van der Waals surface area contributed by atoms with Crippen LogP contribution in [0.15, 0.2) is 22.5 Å². The lowest BCUT2D eigenvalue weighted by Gasteiger charge is -2.12. The van der Waals surface area contributed by atoms with Crippen LogP contribution in [0.2, 0.25) is 0 Å². The maximum Gasteiger partial charge on any atom is 0.181 e. The van der Waals surface area contributed by atoms with Crippen LogP contribution in [-0.2, 0) is 10.8 Å². The Morgan fingerprint density at radius 3 is 2.95 bits per heavy atom. The van der Waals surface area contributed by atoms with E-state index in [-0.39, 0.29) is 0 Å². The first-order chi connectivity index (χ1) is 9.22. The molecule has 102 valence electrons. The molecule has 6 heteroatoms. The zero-order valence-corrected chi connectivity index (χ0v) is 12.3. The van der Waals surface area contributed by atoms with E-state index >= 15 is 0 Å². The molecule has 0 amide bonds. The monoisotopic (exact) mass is 295 g/mol. The van der Waals surface area contributed by atoms with Crippen molar-refractivity contribution in [1.29, 1.82) is 0 Å². The first-order valence-corrected chi connectivity index (χ1v) is 8.63. The Hall–Kier alpha value is -0.980. The van der Waals surface area contributed by atoms with Gasteiger partial charge in [-0.15, -0.1) is 11.3 Å². The second kappa shape index (κ2) is 5.56. The number of benzene rings is 1. The number of hydrogen-bond donors (Lipinski definition) is 1. The molecule has 2 aromatic rings. The number of nitrogens with two attached hydrogens (primary N) is 1. The van der Waals surface area contributed by atoms with Gasteiger partial charge in [0.05, 0.1) is 21.0 Å². The standard InChI is InChI=1S/C13H17N3OS2/c14-10-3-4-11-12(9-10)18-13(15-11)19(17)8-7-16-5-1-2-6-16/h3-4,9H,1-2,5-8,14H2. The Morgan fingerprint density at radius 1 is 1.37 bits per heavy atom. The number of likely N-dealkylation sites (tertiary alicyclic amines) is 1. The van der Waals surface area contributed by atoms with Crippen molar-refractivity contribution in [2.75, 3.05) is 31.1 Å². The maximum absolute atomic E-state index is 12.3. The molecular weight excluding hydrogens is 278 g/mol. The van der Waals surface area contributed by atoms with Gasteiger partial charge in [-0.2, -0.15) is 0 Å². The molecule has 2 heterocycles. The predicted octanol–water partition coefficient (Wildman–Crippen LogP) is 2.08. The number of nitrogen functional groups attached to an aromatic ring is 1. The lowest BCUT2D eigenvalue weighted by atomic mass is 10.3. The summed E-state index contributed by atoms with van der Waals surface area (Å²) in [5.74, 6) is 0.676. The summed E-state index contributed by atoms with van der Waals surface area (Å²) in [6.07, 6.45) is 2.54. The van der Waals surface area contributed by atoms with E-state index in [4.69, 9.17) is 5.73 Å². The van der Waals surface area contributed by atoms with Crippen LogP contribution in [0.4, 0.5) is 5.69 Å². The van der Waals surface area contributed by atoms with Gasteiger partial charge in [0.15, 0.2) is 4.34 Å². The van der Waals surface area contributed by atoms with Crippen molar-refractivity contribution in [2.24, 2.45) is 0 Å². The number of fused-ring (bicyclic) bond motifs is 1. The van der Waals surface area contributed by atoms with Crippen LogP contribution in [0.1, 0.15) is 12.8 Å². The van der Waals surface area contributed by atoms with Crippen molar-refractivity contribution in [3.63, 3.8) is 0 Å². The minimum atomic E-state index is -0.994. The Morgan fingerprint density at radius 2 is 2.16 bits per heavy atom. The minimum absolute atomic E-state index is 0.676. The number of anilines is 1. The van der Waals surface area contributed by atoms with E-state index in [0.717, 1.165) is 39.9 Å². The van der Waals surface area contributed by atoms with Gasteiger partial charge in [-0.1, -0.05) is 0 Å². The predicted molar refractivity (Wildman–Crippen MR) is 81.0 cm³/mol. The number of aromatic nitrogens is 1. The molecule has 1 aromatic heterocycles. The molecule has 4 nitrogen and oxygen atoms in total. The molecule has 2 N–H and O–H groups in total. The smallest absolute Gasteiger partial charge is 0.181 e. The number of rotatable bonds is 4. The van der Waals surface area contributed by atoms with Crippen LogP contribution in [-0.4, -0.2) is 39.5 Å². The molecule has 19 heavy (non-hydrogen) atoms. The molecule has 1 aliphatic rings. The van der Waals surface area contributed by atoms with E-state index in [2.05, 4.69) is 9.88 Å². The van der Waals surface area contributed by atoms with Gasteiger partial charge in [-0.05, 0) is 44.1 Å². The Bertz CT molecular complexity index is 605. The zero-order chi connectivity index (χ0) is 13.2. The fraction of sp³-hybridized carbons (Fsp3) is 0.462. The molecule has 1 fully saturated rings. The largest absolute Gasteiger partial charge is 0.399 e. The highest BCUT2D eigenvalue weighted by molar-refractivity contribution is 7.87. The number of nitrogens with zero attached hydrogens (tertiary/aromatic N) is 2. The summed E-state index contributed by atoms with van der Waals surface area (Å²) in [6.45, 7) is 3.20. The fourth-order valence-corrected chi connectivity index (χ4v) is 4.76. The number of hydrogen-bond acceptors (Lipinski definition) is 5. The van der Waals surface area contributed by atoms with Crippen molar-refractivity contribution < 1.29 is 4.21 Å². The normalized spacial score (nSPS) is 18.1. The Kier molecular flexibility index (Phi) is 3.81. The fourth-order valence-electron chi connectivity index (χ4n) is 2.32. The average Bonchev–Trinajstić information content (AvgIpc) is 3.04. The van der Waals surface area contributed by atoms with Crippen LogP contribution in [0.25, 0.3) is 10.2 Å². The van der Waals surface area contributed by atoms with E-state index in [0.29, 0.717) is 5.75 Å². The second-order valence-electron chi connectivity index (χ2n) is 4.81. The third kappa shape index (κ3) is 2.96. The van der Waals surface area contributed by atoms with Crippen molar-refractivity contribution in [3.05, 3.63) is 18.2 Å². The lowest BCUT2D eigenvalue weighted by Crippen LogP contribution is -2.24. The lowest BCUT2D eigenvalue weighted by molar-refractivity contribution is 0.361. The van der Waals surface area contributed by atoms with Gasteiger partial charge in [0.2, 0.25) is 0 Å². The molecule has 0 aliphatic carbocycles. The van der Waals surface area contributed by atoms with Gasteiger partial charge in [0.25, 0.3) is 0 Å². The highest BCUT2D eigenvalue weighted by Gasteiger charge is 2.15. The van der Waals surface area contributed by atoms with Gasteiger partial charge < -0.3 is 10.6 Å². The van der Waals surface area contributed by atoms with E-state index in [1.54, 1.807) is 0 Å². The zero-order valence-electron chi connectivity index (χ0n) is 10.7. The summed E-state index contributed by atoms with van der Waals surface area (Å²) in [7, 11) is -0.994. The van der Waals surface area contributed by atoms with E-state index < -0.39 is 10.8 Å². The Balaban J connectivity index is 1.70. The van der Waals surface area contributed by atoms with Crippen LogP contribution >= 0.6 is 11.3 Å². The summed E-state index contributed by atoms with van der Waals surface area (Å²) in [6, 6.07) is 5.62. The van der Waals surface area contributed by atoms with Crippen LogP contribution < -0.4 is 5.73 Å². The van der Waals surface area contributed by atoms with Gasteiger partial charge in [0.1, 0.15) is 0 Å². The molecule has 0 bridgehead atoms. The van der Waals surface area contributed by atoms with Crippen molar-refractivity contribution >= 4 is 38.0 Å². The molecule has 1 atom stereocenters. The Labute approximate surface area is 119 Å². The summed E-state index contributed by atoms with van der Waals surface area (Å²) in [4.78, 5) is 6.82. The van der Waals surface area contributed by atoms with Gasteiger partial charge in [-0.25, -0.2) is 4.98 Å². The molecular formula is C13H17N3OS2. The van der Waals surface area contributed by atoms with Crippen molar-refractivity contribution in [1.82, 2.24) is 9.88 Å². The molecule has 1 aliphatic heterocycles. The molecule has 0 radical (unpaired) electrons. The molecule has 0 spiro atoms. The molecule has 0 saturated carbocycles. The van der Waals surface area contributed by atoms with Gasteiger partial charge >= 0.3 is 0 Å². The average molecular weight is 295 g/mol. The van der Waals surface area contributed by atoms with Crippen LogP contribution in [0.3, 0.4) is 0 Å². The maximum atomic E-state index is 12.3. The number of thiazole rings is 1. The third-order valence-corrected chi connectivity index (χ3v) is 6.03. The first-order valence-electron chi connectivity index (χ1n) is 6.49. The summed E-state index contributed by atoms with van der Waals surface area (Å²) < 4.78 is 14.0. The molecule has 1 unspecified atom stereocenters. The second-order valence-corrected chi connectivity index (χ2v) is 7.58. The van der Waals surface area contributed by atoms with Crippen LogP contribution in [0.5, 0.6) is 0 Å². The van der Waals surface area contributed by atoms with E-state index in [9.17, 15) is 4.21 Å². The SMILES string of the molecule is Nc1ccc2nc(S(=O)CCN3CCCC3)sc2c1. The highest BCUT2D eigenvalue weighted by Crippen LogP contribution is 2.26. The molecule has 1 aromatic carbocycles. The van der Waals surface area contributed by atoms with Gasteiger partial charge in [-0.3, -0.25) is 4.21 Å². The van der Waals surface area contributed by atoms with E-state index in [1.807, 2.05) is 18.2 Å².